The first-order chi connectivity index (χ1) is 11.1. The van der Waals surface area contributed by atoms with Gasteiger partial charge in [0.1, 0.15) is 11.6 Å². The summed E-state index contributed by atoms with van der Waals surface area (Å²) in [5.74, 6) is 0.516. The highest BCUT2D eigenvalue weighted by molar-refractivity contribution is 5.77. The van der Waals surface area contributed by atoms with Gasteiger partial charge in [-0.15, -0.1) is 0 Å². The molecule has 3 rings (SSSR count). The number of aromatic nitrogens is 2. The number of nitrogens with one attached hydrogen (secondary N) is 1. The molecule has 1 N–H and O–H groups in total. The molecular formula is C18H18FN3O. The molecule has 0 unspecified atom stereocenters. The van der Waals surface area contributed by atoms with Gasteiger partial charge in [0.15, 0.2) is 0 Å². The largest absolute Gasteiger partial charge is 0.349 e. The second-order valence-corrected chi connectivity index (χ2v) is 5.48. The first-order valence-electron chi connectivity index (χ1n) is 7.55. The van der Waals surface area contributed by atoms with Crippen molar-refractivity contribution in [1.82, 2.24) is 14.9 Å². The number of carbonyl (C=O) groups excluding carboxylic acids is 1. The Hall–Kier alpha value is -2.69. The zero-order chi connectivity index (χ0) is 16.2. The van der Waals surface area contributed by atoms with Gasteiger partial charge in [0.05, 0.1) is 17.6 Å². The van der Waals surface area contributed by atoms with Crippen molar-refractivity contribution < 1.29 is 9.18 Å². The fourth-order valence-corrected chi connectivity index (χ4v) is 2.53. The first kappa shape index (κ1) is 15.2. The maximum absolute atomic E-state index is 12.8. The maximum atomic E-state index is 12.8. The molecule has 0 aliphatic heterocycles. The fraction of sp³-hybridized carbons (Fsp3) is 0.222. The van der Waals surface area contributed by atoms with E-state index in [1.165, 1.54) is 12.1 Å². The number of fused-ring (bicyclic) bond motifs is 1. The van der Waals surface area contributed by atoms with Gasteiger partial charge >= 0.3 is 0 Å². The summed E-state index contributed by atoms with van der Waals surface area (Å²) in [4.78, 5) is 16.5. The molecule has 1 aromatic heterocycles. The van der Waals surface area contributed by atoms with Gasteiger partial charge in [0.2, 0.25) is 5.91 Å². The number of hydrogen-bond acceptors (Lipinski definition) is 2. The molecule has 1 amide bonds. The van der Waals surface area contributed by atoms with Crippen molar-refractivity contribution >= 4 is 16.9 Å². The van der Waals surface area contributed by atoms with Crippen LogP contribution >= 0.6 is 0 Å². The van der Waals surface area contributed by atoms with Crippen LogP contribution in [0, 0.1) is 5.82 Å². The third-order valence-electron chi connectivity index (χ3n) is 3.88. The minimum atomic E-state index is -0.264. The van der Waals surface area contributed by atoms with E-state index in [1.54, 1.807) is 12.1 Å². The molecule has 0 spiro atoms. The molecule has 5 heteroatoms. The highest BCUT2D eigenvalue weighted by Gasteiger charge is 2.08. The van der Waals surface area contributed by atoms with E-state index in [4.69, 9.17) is 0 Å². The van der Waals surface area contributed by atoms with E-state index in [0.29, 0.717) is 19.4 Å². The van der Waals surface area contributed by atoms with Gasteiger partial charge in [-0.3, -0.25) is 4.79 Å². The monoisotopic (exact) mass is 311 g/mol. The van der Waals surface area contributed by atoms with E-state index in [-0.39, 0.29) is 11.7 Å². The van der Waals surface area contributed by atoms with Crippen LogP contribution in [0.2, 0.25) is 0 Å². The lowest BCUT2D eigenvalue weighted by Gasteiger charge is -2.06. The zero-order valence-electron chi connectivity index (χ0n) is 12.9. The van der Waals surface area contributed by atoms with Crippen molar-refractivity contribution in [2.24, 2.45) is 7.05 Å². The summed E-state index contributed by atoms with van der Waals surface area (Å²) in [6, 6.07) is 14.1. The lowest BCUT2D eigenvalue weighted by Crippen LogP contribution is -2.24. The van der Waals surface area contributed by atoms with Crippen LogP contribution in [-0.4, -0.2) is 15.5 Å². The van der Waals surface area contributed by atoms with Crippen LogP contribution in [0.25, 0.3) is 11.0 Å². The molecule has 1 heterocycles. The van der Waals surface area contributed by atoms with Crippen LogP contribution in [0.3, 0.4) is 0 Å². The molecule has 118 valence electrons. The summed E-state index contributed by atoms with van der Waals surface area (Å²) >= 11 is 0. The molecule has 0 saturated heterocycles. The molecule has 0 bridgehead atoms. The van der Waals surface area contributed by atoms with Crippen molar-refractivity contribution in [3.63, 3.8) is 0 Å². The van der Waals surface area contributed by atoms with Gasteiger partial charge in [-0.2, -0.15) is 0 Å². The topological polar surface area (TPSA) is 46.9 Å². The summed E-state index contributed by atoms with van der Waals surface area (Å²) in [5, 5.41) is 2.89. The molecule has 4 nitrogen and oxygen atoms in total. The molecule has 2 aromatic carbocycles. The summed E-state index contributed by atoms with van der Waals surface area (Å²) in [7, 11) is 1.94. The summed E-state index contributed by atoms with van der Waals surface area (Å²) in [6.07, 6.45) is 0.963. The van der Waals surface area contributed by atoms with Crippen LogP contribution in [0.4, 0.5) is 4.39 Å². The fourth-order valence-electron chi connectivity index (χ4n) is 2.53. The Morgan fingerprint density at radius 1 is 1.17 bits per heavy atom. The Morgan fingerprint density at radius 2 is 1.91 bits per heavy atom. The smallest absolute Gasteiger partial charge is 0.220 e. The molecule has 0 atom stereocenters. The Labute approximate surface area is 134 Å². The van der Waals surface area contributed by atoms with Crippen LogP contribution in [0.15, 0.2) is 48.5 Å². The van der Waals surface area contributed by atoms with Gasteiger partial charge in [0, 0.05) is 13.5 Å². The summed E-state index contributed by atoms with van der Waals surface area (Å²) in [6.45, 7) is 0.396. The van der Waals surface area contributed by atoms with Crippen LogP contribution in [0.5, 0.6) is 0 Å². The number of carbonyl (C=O) groups is 1. The Balaban J connectivity index is 1.55. The molecule has 0 aliphatic rings. The van der Waals surface area contributed by atoms with Gasteiger partial charge in [-0.1, -0.05) is 24.3 Å². The number of imidazole rings is 1. The van der Waals surface area contributed by atoms with E-state index >= 15 is 0 Å². The predicted octanol–water partition coefficient (Wildman–Crippen LogP) is 2.96. The summed E-state index contributed by atoms with van der Waals surface area (Å²) < 4.78 is 14.8. The molecule has 0 saturated carbocycles. The minimum Gasteiger partial charge on any atom is -0.349 e. The number of rotatable bonds is 5. The summed E-state index contributed by atoms with van der Waals surface area (Å²) in [5.41, 5.74) is 2.91. The number of aryl methyl sites for hydroxylation is 2. The Kier molecular flexibility index (Phi) is 4.37. The number of nitrogens with zero attached hydrogens (tertiary/aromatic N) is 2. The highest BCUT2D eigenvalue weighted by Crippen LogP contribution is 2.14. The zero-order valence-corrected chi connectivity index (χ0v) is 12.9. The van der Waals surface area contributed by atoms with Crippen molar-refractivity contribution in [3.05, 3.63) is 65.7 Å². The Morgan fingerprint density at radius 3 is 2.65 bits per heavy atom. The van der Waals surface area contributed by atoms with E-state index in [2.05, 4.69) is 10.3 Å². The van der Waals surface area contributed by atoms with Crippen LogP contribution in [0.1, 0.15) is 17.8 Å². The van der Waals surface area contributed by atoms with E-state index < -0.39 is 0 Å². The average Bonchev–Trinajstić information content (AvgIpc) is 2.89. The van der Waals surface area contributed by atoms with Gasteiger partial charge in [-0.05, 0) is 36.2 Å². The van der Waals surface area contributed by atoms with E-state index in [1.807, 2.05) is 35.9 Å². The standard InChI is InChI=1S/C18H18FN3O/c1-22-16-5-3-2-4-15(16)21-17(22)12-20-18(23)11-8-13-6-9-14(19)10-7-13/h2-7,9-10H,8,11-12H2,1H3,(H,20,23). The second-order valence-electron chi connectivity index (χ2n) is 5.48. The maximum Gasteiger partial charge on any atom is 0.220 e. The molecule has 0 aliphatic carbocycles. The van der Waals surface area contributed by atoms with E-state index in [9.17, 15) is 9.18 Å². The lowest BCUT2D eigenvalue weighted by atomic mass is 10.1. The van der Waals surface area contributed by atoms with Gasteiger partial charge < -0.3 is 9.88 Å². The van der Waals surface area contributed by atoms with Crippen molar-refractivity contribution in [2.45, 2.75) is 19.4 Å². The van der Waals surface area contributed by atoms with Gasteiger partial charge in [0.25, 0.3) is 0 Å². The molecular weight excluding hydrogens is 293 g/mol. The molecule has 3 aromatic rings. The first-order valence-corrected chi connectivity index (χ1v) is 7.55. The van der Waals surface area contributed by atoms with Crippen molar-refractivity contribution in [3.8, 4) is 0 Å². The van der Waals surface area contributed by atoms with Crippen LogP contribution in [-0.2, 0) is 24.8 Å². The lowest BCUT2D eigenvalue weighted by molar-refractivity contribution is -0.121. The number of benzene rings is 2. The minimum absolute atomic E-state index is 0.0404. The number of amides is 1. The van der Waals surface area contributed by atoms with Crippen molar-refractivity contribution in [1.29, 1.82) is 0 Å². The van der Waals surface area contributed by atoms with E-state index in [0.717, 1.165) is 22.4 Å². The highest BCUT2D eigenvalue weighted by atomic mass is 19.1. The number of para-hydroxylation sites is 2. The Bertz CT molecular complexity index is 824. The van der Waals surface area contributed by atoms with Crippen molar-refractivity contribution in [2.75, 3.05) is 0 Å². The normalized spacial score (nSPS) is 10.9. The average molecular weight is 311 g/mol. The number of halogens is 1. The molecule has 23 heavy (non-hydrogen) atoms. The second kappa shape index (κ2) is 6.60. The quantitative estimate of drug-likeness (QED) is 0.787. The van der Waals surface area contributed by atoms with Crippen LogP contribution < -0.4 is 5.32 Å². The predicted molar refractivity (Wildman–Crippen MR) is 87.3 cm³/mol. The SMILES string of the molecule is Cn1c(CNC(=O)CCc2ccc(F)cc2)nc2ccccc21. The number of hydrogen-bond donors (Lipinski definition) is 1. The third-order valence-corrected chi connectivity index (χ3v) is 3.88. The third kappa shape index (κ3) is 3.56. The molecule has 0 radical (unpaired) electrons. The van der Waals surface area contributed by atoms with Gasteiger partial charge in [-0.25, -0.2) is 9.37 Å². The molecule has 0 fully saturated rings.